The van der Waals surface area contributed by atoms with Crippen molar-refractivity contribution >= 4 is 11.6 Å². The minimum Gasteiger partial charge on any atom is -0.335 e. The van der Waals surface area contributed by atoms with Crippen molar-refractivity contribution in [3.63, 3.8) is 0 Å². The molecule has 0 aliphatic heterocycles. The predicted molar refractivity (Wildman–Crippen MR) is 101 cm³/mol. The summed E-state index contributed by atoms with van der Waals surface area (Å²) in [5, 5.41) is 11.2. The number of hydrogen-bond acceptors (Lipinski definition) is 3. The van der Waals surface area contributed by atoms with Crippen molar-refractivity contribution < 1.29 is 9.72 Å². The molecule has 0 spiro atoms. The first kappa shape index (κ1) is 18.1. The number of carbonyl (C=O) groups is 1. The third kappa shape index (κ3) is 4.28. The van der Waals surface area contributed by atoms with Gasteiger partial charge in [-0.25, -0.2) is 0 Å². The molecule has 3 rings (SSSR count). The van der Waals surface area contributed by atoms with Gasteiger partial charge in [-0.3, -0.25) is 14.9 Å². The maximum Gasteiger partial charge on any atom is 0.273 e. The lowest BCUT2D eigenvalue weighted by atomic mass is 10.0. The van der Waals surface area contributed by atoms with Crippen LogP contribution in [0.2, 0.25) is 0 Å². The van der Waals surface area contributed by atoms with Crippen molar-refractivity contribution in [2.24, 2.45) is 0 Å². The van der Waals surface area contributed by atoms with Crippen LogP contribution in [0, 0.1) is 10.1 Å². The Bertz CT molecular complexity index is 795. The minimum atomic E-state index is -0.422. The van der Waals surface area contributed by atoms with E-state index in [1.54, 1.807) is 18.2 Å². The molecule has 0 N–H and O–H groups in total. The maximum absolute atomic E-state index is 12.9. The summed E-state index contributed by atoms with van der Waals surface area (Å²) >= 11 is 0. The molecule has 0 radical (unpaired) electrons. The van der Waals surface area contributed by atoms with Crippen LogP contribution in [0.4, 0.5) is 5.69 Å². The van der Waals surface area contributed by atoms with E-state index >= 15 is 0 Å². The second-order valence-electron chi connectivity index (χ2n) is 7.21. The van der Waals surface area contributed by atoms with Crippen molar-refractivity contribution in [3.05, 3.63) is 75.3 Å². The van der Waals surface area contributed by atoms with Gasteiger partial charge in [-0.2, -0.15) is 0 Å². The molecule has 26 heavy (non-hydrogen) atoms. The van der Waals surface area contributed by atoms with Crippen LogP contribution >= 0.6 is 0 Å². The van der Waals surface area contributed by atoms with Gasteiger partial charge in [-0.15, -0.1) is 0 Å². The largest absolute Gasteiger partial charge is 0.335 e. The molecule has 136 valence electrons. The maximum atomic E-state index is 12.9. The fourth-order valence-electron chi connectivity index (χ4n) is 3.11. The zero-order valence-electron chi connectivity index (χ0n) is 15.2. The Labute approximate surface area is 153 Å². The van der Waals surface area contributed by atoms with Gasteiger partial charge >= 0.3 is 0 Å². The van der Waals surface area contributed by atoms with Gasteiger partial charge in [0.1, 0.15) is 0 Å². The van der Waals surface area contributed by atoms with Crippen molar-refractivity contribution in [1.82, 2.24) is 4.90 Å². The first-order chi connectivity index (χ1) is 12.5. The van der Waals surface area contributed by atoms with Crippen LogP contribution < -0.4 is 0 Å². The van der Waals surface area contributed by atoms with E-state index in [1.165, 1.54) is 11.6 Å². The summed E-state index contributed by atoms with van der Waals surface area (Å²) in [7, 11) is 0. The molecular weight excluding hydrogens is 328 g/mol. The van der Waals surface area contributed by atoms with Crippen LogP contribution in [0.25, 0.3) is 0 Å². The zero-order valence-corrected chi connectivity index (χ0v) is 15.2. The van der Waals surface area contributed by atoms with Gasteiger partial charge in [0.15, 0.2) is 0 Å². The summed E-state index contributed by atoms with van der Waals surface area (Å²) in [5.74, 6) is 0.429. The summed E-state index contributed by atoms with van der Waals surface area (Å²) in [4.78, 5) is 25.5. The van der Waals surface area contributed by atoms with E-state index in [0.29, 0.717) is 18.0 Å². The lowest BCUT2D eigenvalue weighted by molar-refractivity contribution is -0.385. The summed E-state index contributed by atoms with van der Waals surface area (Å²) in [5.41, 5.74) is 2.86. The van der Waals surface area contributed by atoms with E-state index in [1.807, 2.05) is 4.90 Å². The first-order valence-corrected chi connectivity index (χ1v) is 9.06. The van der Waals surface area contributed by atoms with Crippen molar-refractivity contribution in [2.45, 2.75) is 51.6 Å². The van der Waals surface area contributed by atoms with Gasteiger partial charge in [-0.05, 0) is 29.9 Å². The average molecular weight is 352 g/mol. The van der Waals surface area contributed by atoms with Gasteiger partial charge in [0.05, 0.1) is 11.3 Å². The van der Waals surface area contributed by atoms with E-state index in [4.69, 9.17) is 0 Å². The highest BCUT2D eigenvalue weighted by Crippen LogP contribution is 2.30. The predicted octanol–water partition coefficient (Wildman–Crippen LogP) is 4.45. The first-order valence-electron chi connectivity index (χ1n) is 9.06. The smallest absolute Gasteiger partial charge is 0.273 e. The van der Waals surface area contributed by atoms with Crippen LogP contribution in [0.15, 0.2) is 48.5 Å². The quantitative estimate of drug-likeness (QED) is 0.546. The zero-order chi connectivity index (χ0) is 18.7. The van der Waals surface area contributed by atoms with E-state index in [-0.39, 0.29) is 24.1 Å². The Balaban J connectivity index is 1.74. The lowest BCUT2D eigenvalue weighted by Crippen LogP contribution is -2.34. The highest BCUT2D eigenvalue weighted by Gasteiger charge is 2.33. The summed E-state index contributed by atoms with van der Waals surface area (Å²) in [6, 6.07) is 15.1. The van der Waals surface area contributed by atoms with Crippen LogP contribution in [0.1, 0.15) is 49.3 Å². The highest BCUT2D eigenvalue weighted by atomic mass is 16.6. The molecule has 0 heterocycles. The standard InChI is InChI=1S/C21H24N2O3/c1-15(2)17-9-7-16(8-10-17)14-22(19-11-12-19)21(24)13-18-5-3-4-6-20(18)23(25)26/h3-10,15,19H,11-14H2,1-2H3. The number of nitrogens with zero attached hydrogens (tertiary/aromatic N) is 2. The number of nitro groups is 1. The summed E-state index contributed by atoms with van der Waals surface area (Å²) < 4.78 is 0. The van der Waals surface area contributed by atoms with E-state index in [2.05, 4.69) is 38.1 Å². The van der Waals surface area contributed by atoms with Crippen LogP contribution in [-0.2, 0) is 17.8 Å². The molecule has 1 amide bonds. The molecule has 0 atom stereocenters. The minimum absolute atomic E-state index is 0.0119. The number of para-hydroxylation sites is 1. The molecule has 0 unspecified atom stereocenters. The number of benzene rings is 2. The normalized spacial score (nSPS) is 13.7. The van der Waals surface area contributed by atoms with Crippen molar-refractivity contribution in [2.75, 3.05) is 0 Å². The highest BCUT2D eigenvalue weighted by molar-refractivity contribution is 5.80. The van der Waals surface area contributed by atoms with Gasteiger partial charge in [0.25, 0.3) is 5.69 Å². The van der Waals surface area contributed by atoms with E-state index in [0.717, 1.165) is 18.4 Å². The van der Waals surface area contributed by atoms with Gasteiger partial charge < -0.3 is 4.90 Å². The molecule has 5 nitrogen and oxygen atoms in total. The molecule has 2 aromatic carbocycles. The lowest BCUT2D eigenvalue weighted by Gasteiger charge is -2.23. The molecule has 0 aromatic heterocycles. The number of hydrogen-bond donors (Lipinski definition) is 0. The molecule has 0 saturated heterocycles. The molecule has 1 aliphatic carbocycles. The van der Waals surface area contributed by atoms with Gasteiger partial charge in [0, 0.05) is 24.2 Å². The Morgan fingerprint density at radius 1 is 1.15 bits per heavy atom. The summed E-state index contributed by atoms with van der Waals surface area (Å²) in [6.07, 6.45) is 2.08. The monoisotopic (exact) mass is 352 g/mol. The molecule has 5 heteroatoms. The number of carbonyl (C=O) groups excluding carboxylic acids is 1. The summed E-state index contributed by atoms with van der Waals surface area (Å²) in [6.45, 7) is 4.87. The van der Waals surface area contributed by atoms with E-state index < -0.39 is 4.92 Å². The second-order valence-corrected chi connectivity index (χ2v) is 7.21. The third-order valence-electron chi connectivity index (χ3n) is 4.84. The van der Waals surface area contributed by atoms with Crippen LogP contribution in [0.3, 0.4) is 0 Å². The van der Waals surface area contributed by atoms with Crippen LogP contribution in [0.5, 0.6) is 0 Å². The Morgan fingerprint density at radius 3 is 2.38 bits per heavy atom. The Morgan fingerprint density at radius 2 is 1.81 bits per heavy atom. The molecule has 1 saturated carbocycles. The van der Waals surface area contributed by atoms with Gasteiger partial charge in [-0.1, -0.05) is 56.3 Å². The van der Waals surface area contributed by atoms with Gasteiger partial charge in [0.2, 0.25) is 5.91 Å². The molecule has 1 aliphatic rings. The van der Waals surface area contributed by atoms with E-state index in [9.17, 15) is 14.9 Å². The Hall–Kier alpha value is -2.69. The third-order valence-corrected chi connectivity index (χ3v) is 4.84. The average Bonchev–Trinajstić information content (AvgIpc) is 3.45. The van der Waals surface area contributed by atoms with Crippen molar-refractivity contribution in [1.29, 1.82) is 0 Å². The number of rotatable bonds is 7. The number of nitro benzene ring substituents is 1. The fraction of sp³-hybridized carbons (Fsp3) is 0.381. The topological polar surface area (TPSA) is 63.5 Å². The Kier molecular flexibility index (Phi) is 5.35. The molecular formula is C21H24N2O3. The van der Waals surface area contributed by atoms with Crippen LogP contribution in [-0.4, -0.2) is 21.8 Å². The number of amides is 1. The SMILES string of the molecule is CC(C)c1ccc(CN(C(=O)Cc2ccccc2[N+](=O)[O-])C2CC2)cc1. The van der Waals surface area contributed by atoms with Crippen molar-refractivity contribution in [3.8, 4) is 0 Å². The molecule has 2 aromatic rings. The molecule has 0 bridgehead atoms. The second kappa shape index (κ2) is 7.68. The molecule has 1 fully saturated rings. The fourth-order valence-corrected chi connectivity index (χ4v) is 3.11.